The van der Waals surface area contributed by atoms with E-state index in [0.29, 0.717) is 29.3 Å². The summed E-state index contributed by atoms with van der Waals surface area (Å²) in [7, 11) is 1.51. The SMILES string of the molecule is CCOC(=O)C1CCC(=O)N1c1cc(Cl)ccc1OC. The largest absolute Gasteiger partial charge is 0.495 e. The van der Waals surface area contributed by atoms with Crippen LogP contribution in [0.4, 0.5) is 5.69 Å². The van der Waals surface area contributed by atoms with Gasteiger partial charge < -0.3 is 9.47 Å². The minimum absolute atomic E-state index is 0.136. The molecule has 0 saturated carbocycles. The Labute approximate surface area is 122 Å². The van der Waals surface area contributed by atoms with E-state index in [2.05, 4.69) is 0 Å². The molecule has 0 aromatic heterocycles. The molecule has 1 aromatic carbocycles. The molecule has 0 spiro atoms. The van der Waals surface area contributed by atoms with Crippen LogP contribution in [0.5, 0.6) is 5.75 Å². The van der Waals surface area contributed by atoms with Crippen molar-refractivity contribution in [2.24, 2.45) is 0 Å². The van der Waals surface area contributed by atoms with Crippen molar-refractivity contribution in [2.75, 3.05) is 18.6 Å². The van der Waals surface area contributed by atoms with Gasteiger partial charge in [-0.2, -0.15) is 0 Å². The van der Waals surface area contributed by atoms with Crippen molar-refractivity contribution in [1.82, 2.24) is 0 Å². The van der Waals surface area contributed by atoms with Crippen LogP contribution in [0, 0.1) is 0 Å². The van der Waals surface area contributed by atoms with E-state index in [1.54, 1.807) is 25.1 Å². The summed E-state index contributed by atoms with van der Waals surface area (Å²) < 4.78 is 10.3. The standard InChI is InChI=1S/C14H16ClNO4/c1-3-20-14(18)10-5-7-13(17)16(10)11-8-9(15)4-6-12(11)19-2/h4,6,8,10H,3,5,7H2,1-2H3. The zero-order valence-electron chi connectivity index (χ0n) is 11.4. The number of anilines is 1. The fourth-order valence-corrected chi connectivity index (χ4v) is 2.47. The Morgan fingerprint density at radius 2 is 2.25 bits per heavy atom. The van der Waals surface area contributed by atoms with Gasteiger partial charge >= 0.3 is 5.97 Å². The highest BCUT2D eigenvalue weighted by Gasteiger charge is 2.39. The molecule has 108 valence electrons. The van der Waals surface area contributed by atoms with E-state index in [1.807, 2.05) is 0 Å². The number of methoxy groups -OCH3 is 1. The number of ether oxygens (including phenoxy) is 2. The highest BCUT2D eigenvalue weighted by Crippen LogP contribution is 2.36. The molecule has 1 aromatic rings. The Morgan fingerprint density at radius 1 is 1.50 bits per heavy atom. The molecule has 20 heavy (non-hydrogen) atoms. The quantitative estimate of drug-likeness (QED) is 0.801. The molecule has 1 atom stereocenters. The van der Waals surface area contributed by atoms with E-state index < -0.39 is 12.0 Å². The zero-order chi connectivity index (χ0) is 14.7. The maximum atomic E-state index is 12.1. The number of nitrogens with zero attached hydrogens (tertiary/aromatic N) is 1. The predicted molar refractivity (Wildman–Crippen MR) is 75.1 cm³/mol. The number of hydrogen-bond donors (Lipinski definition) is 0. The van der Waals surface area contributed by atoms with Crippen LogP contribution in [-0.2, 0) is 14.3 Å². The summed E-state index contributed by atoms with van der Waals surface area (Å²) in [5.41, 5.74) is 0.501. The highest BCUT2D eigenvalue weighted by atomic mass is 35.5. The lowest BCUT2D eigenvalue weighted by Crippen LogP contribution is -2.40. The van der Waals surface area contributed by atoms with E-state index in [9.17, 15) is 9.59 Å². The van der Waals surface area contributed by atoms with E-state index in [0.717, 1.165) is 0 Å². The van der Waals surface area contributed by atoms with Crippen LogP contribution in [0.15, 0.2) is 18.2 Å². The summed E-state index contributed by atoms with van der Waals surface area (Å²) in [6.45, 7) is 2.02. The molecular formula is C14H16ClNO4. The number of rotatable bonds is 4. The van der Waals surface area contributed by atoms with Gasteiger partial charge in [-0.25, -0.2) is 4.79 Å². The van der Waals surface area contributed by atoms with E-state index in [4.69, 9.17) is 21.1 Å². The monoisotopic (exact) mass is 297 g/mol. The molecule has 1 amide bonds. The normalized spacial score (nSPS) is 18.2. The molecule has 0 N–H and O–H groups in total. The van der Waals surface area contributed by atoms with Gasteiger partial charge in [0.1, 0.15) is 11.8 Å². The zero-order valence-corrected chi connectivity index (χ0v) is 12.1. The lowest BCUT2D eigenvalue weighted by molar-refractivity contribution is -0.144. The molecule has 1 heterocycles. The van der Waals surface area contributed by atoms with Gasteiger partial charge in [-0.05, 0) is 31.5 Å². The van der Waals surface area contributed by atoms with Gasteiger partial charge in [-0.15, -0.1) is 0 Å². The summed E-state index contributed by atoms with van der Waals surface area (Å²) in [6.07, 6.45) is 0.743. The van der Waals surface area contributed by atoms with Gasteiger partial charge in [0, 0.05) is 11.4 Å². The van der Waals surface area contributed by atoms with Crippen molar-refractivity contribution in [3.63, 3.8) is 0 Å². The number of esters is 1. The summed E-state index contributed by atoms with van der Waals surface area (Å²) in [4.78, 5) is 25.5. The van der Waals surface area contributed by atoms with E-state index in [-0.39, 0.29) is 12.5 Å². The average Bonchev–Trinajstić information content (AvgIpc) is 2.80. The third-order valence-electron chi connectivity index (χ3n) is 3.17. The summed E-state index contributed by atoms with van der Waals surface area (Å²) in [5, 5.41) is 0.475. The molecule has 0 bridgehead atoms. The van der Waals surface area contributed by atoms with Crippen molar-refractivity contribution in [3.05, 3.63) is 23.2 Å². The van der Waals surface area contributed by atoms with Crippen molar-refractivity contribution in [1.29, 1.82) is 0 Å². The lowest BCUT2D eigenvalue weighted by Gasteiger charge is -2.25. The van der Waals surface area contributed by atoms with Crippen molar-refractivity contribution in [2.45, 2.75) is 25.8 Å². The van der Waals surface area contributed by atoms with Gasteiger partial charge in [0.25, 0.3) is 0 Å². The fourth-order valence-electron chi connectivity index (χ4n) is 2.30. The van der Waals surface area contributed by atoms with Crippen LogP contribution in [0.1, 0.15) is 19.8 Å². The molecule has 1 aliphatic rings. The highest BCUT2D eigenvalue weighted by molar-refractivity contribution is 6.31. The van der Waals surface area contributed by atoms with Crippen molar-refractivity contribution < 1.29 is 19.1 Å². The fraction of sp³-hybridized carbons (Fsp3) is 0.429. The second-order valence-corrected chi connectivity index (χ2v) is 4.82. The van der Waals surface area contributed by atoms with Crippen LogP contribution >= 0.6 is 11.6 Å². The third kappa shape index (κ3) is 2.72. The van der Waals surface area contributed by atoms with Crippen molar-refractivity contribution >= 4 is 29.2 Å². The maximum absolute atomic E-state index is 12.1. The number of hydrogen-bond acceptors (Lipinski definition) is 4. The first kappa shape index (κ1) is 14.7. The molecule has 1 aliphatic heterocycles. The van der Waals surface area contributed by atoms with Crippen LogP contribution in [0.25, 0.3) is 0 Å². The topological polar surface area (TPSA) is 55.8 Å². The Bertz CT molecular complexity index is 532. The Balaban J connectivity index is 2.39. The number of carbonyl (C=O) groups excluding carboxylic acids is 2. The smallest absolute Gasteiger partial charge is 0.329 e. The number of halogens is 1. The average molecular weight is 298 g/mol. The first-order valence-electron chi connectivity index (χ1n) is 6.40. The Kier molecular flexibility index (Phi) is 4.49. The van der Waals surface area contributed by atoms with Gasteiger partial charge in [-0.3, -0.25) is 9.69 Å². The molecule has 5 nitrogen and oxygen atoms in total. The van der Waals surface area contributed by atoms with E-state index >= 15 is 0 Å². The van der Waals surface area contributed by atoms with E-state index in [1.165, 1.54) is 12.0 Å². The predicted octanol–water partition coefficient (Wildman–Crippen LogP) is 2.41. The molecule has 1 saturated heterocycles. The van der Waals surface area contributed by atoms with Crippen molar-refractivity contribution in [3.8, 4) is 5.75 Å². The summed E-state index contributed by atoms with van der Waals surface area (Å²) in [5.74, 6) is -0.0389. The minimum Gasteiger partial charge on any atom is -0.495 e. The van der Waals surface area contributed by atoms with Crippen LogP contribution in [-0.4, -0.2) is 31.6 Å². The first-order chi connectivity index (χ1) is 9.58. The molecule has 1 fully saturated rings. The first-order valence-corrected chi connectivity index (χ1v) is 6.78. The number of benzene rings is 1. The molecule has 0 radical (unpaired) electrons. The second kappa shape index (κ2) is 6.13. The second-order valence-electron chi connectivity index (χ2n) is 4.39. The van der Waals surface area contributed by atoms with Gasteiger partial charge in [0.15, 0.2) is 0 Å². The van der Waals surface area contributed by atoms with Gasteiger partial charge in [0.05, 0.1) is 19.4 Å². The molecule has 2 rings (SSSR count). The minimum atomic E-state index is -0.616. The summed E-state index contributed by atoms with van der Waals surface area (Å²) in [6, 6.07) is 4.35. The summed E-state index contributed by atoms with van der Waals surface area (Å²) >= 11 is 5.98. The van der Waals surface area contributed by atoms with Crippen LogP contribution in [0.2, 0.25) is 5.02 Å². The number of amides is 1. The Morgan fingerprint density at radius 3 is 2.90 bits per heavy atom. The molecule has 1 unspecified atom stereocenters. The molecule has 0 aliphatic carbocycles. The number of carbonyl (C=O) groups is 2. The lowest BCUT2D eigenvalue weighted by atomic mass is 10.2. The Hall–Kier alpha value is -1.75. The molecule has 6 heteroatoms. The maximum Gasteiger partial charge on any atom is 0.329 e. The van der Waals surface area contributed by atoms with Crippen LogP contribution in [0.3, 0.4) is 0 Å². The van der Waals surface area contributed by atoms with Gasteiger partial charge in [0.2, 0.25) is 5.91 Å². The third-order valence-corrected chi connectivity index (χ3v) is 3.41. The molecular weight excluding hydrogens is 282 g/mol. The van der Waals surface area contributed by atoms with Crippen LogP contribution < -0.4 is 9.64 Å². The van der Waals surface area contributed by atoms with Gasteiger partial charge in [-0.1, -0.05) is 11.6 Å².